The number of pyridine rings is 1. The number of halogens is 1. The van der Waals surface area contributed by atoms with Gasteiger partial charge in [-0.25, -0.2) is 4.79 Å². The van der Waals surface area contributed by atoms with E-state index in [1.165, 1.54) is 13.2 Å². The van der Waals surface area contributed by atoms with Crippen LogP contribution >= 0.6 is 23.8 Å². The zero-order valence-corrected chi connectivity index (χ0v) is 20.2. The van der Waals surface area contributed by atoms with E-state index in [9.17, 15) is 9.90 Å². The van der Waals surface area contributed by atoms with Crippen LogP contribution in [0.2, 0.25) is 5.02 Å². The molecule has 0 spiro atoms. The lowest BCUT2D eigenvalue weighted by Crippen LogP contribution is -2.30. The molecule has 5 rings (SSSR count). The summed E-state index contributed by atoms with van der Waals surface area (Å²) in [6, 6.07) is 20.8. The van der Waals surface area contributed by atoms with Crippen molar-refractivity contribution in [3.05, 3.63) is 107 Å². The molecule has 2 N–H and O–H groups in total. The highest BCUT2D eigenvalue weighted by Crippen LogP contribution is 2.45. The fourth-order valence-corrected chi connectivity index (χ4v) is 4.93. The molecule has 1 aliphatic heterocycles. The average Bonchev–Trinajstić information content (AvgIpc) is 3.49. The molecule has 176 valence electrons. The number of aromatic nitrogens is 2. The van der Waals surface area contributed by atoms with E-state index in [1.807, 2.05) is 58.1 Å². The standard InChI is InChI=1S/C26H21ClN4O3S/c1-34-25(33)17-7-2-3-9-19(17)30-14-6-10-20(30)24-23(18-8-4-5-13-28-18)29-26(35)31(24)21-15-16(27)11-12-22(21)32/h2-15,23-24,32H,1H3,(H,29,35)/t23-,24+/m0/s1. The maximum Gasteiger partial charge on any atom is 0.339 e. The average molecular weight is 505 g/mol. The largest absolute Gasteiger partial charge is 0.506 e. The fourth-order valence-electron chi connectivity index (χ4n) is 4.43. The Morgan fingerprint density at radius 3 is 2.66 bits per heavy atom. The first kappa shape index (κ1) is 22.9. The van der Waals surface area contributed by atoms with Gasteiger partial charge in [-0.3, -0.25) is 4.98 Å². The van der Waals surface area contributed by atoms with Crippen LogP contribution in [-0.4, -0.2) is 32.8 Å². The second-order valence-corrected chi connectivity index (χ2v) is 8.76. The van der Waals surface area contributed by atoms with E-state index in [1.54, 1.807) is 30.5 Å². The molecule has 9 heteroatoms. The Morgan fingerprint density at radius 2 is 1.89 bits per heavy atom. The maximum atomic E-state index is 12.5. The van der Waals surface area contributed by atoms with Crippen molar-refractivity contribution in [1.82, 2.24) is 14.9 Å². The number of carbonyl (C=O) groups excluding carboxylic acids is 1. The molecular formula is C26H21ClN4O3S. The number of phenols is 1. The Balaban J connectivity index is 1.72. The second-order valence-electron chi connectivity index (χ2n) is 7.94. The first-order valence-corrected chi connectivity index (χ1v) is 11.6. The monoisotopic (exact) mass is 504 g/mol. The number of anilines is 1. The van der Waals surface area contributed by atoms with Crippen LogP contribution in [0.25, 0.3) is 5.69 Å². The summed E-state index contributed by atoms with van der Waals surface area (Å²) in [5, 5.41) is 15.0. The number of thiocarbonyl (C=S) groups is 1. The highest BCUT2D eigenvalue weighted by Gasteiger charge is 2.43. The number of hydrogen-bond acceptors (Lipinski definition) is 5. The van der Waals surface area contributed by atoms with Gasteiger partial charge in [-0.2, -0.15) is 0 Å². The summed E-state index contributed by atoms with van der Waals surface area (Å²) in [5.74, 6) is -0.399. The van der Waals surface area contributed by atoms with Crippen molar-refractivity contribution in [3.63, 3.8) is 0 Å². The predicted octanol–water partition coefficient (Wildman–Crippen LogP) is 5.20. The lowest BCUT2D eigenvalue weighted by Gasteiger charge is -2.29. The smallest absolute Gasteiger partial charge is 0.339 e. The van der Waals surface area contributed by atoms with Gasteiger partial charge >= 0.3 is 5.97 Å². The van der Waals surface area contributed by atoms with Crippen molar-refractivity contribution in [2.24, 2.45) is 0 Å². The summed E-state index contributed by atoms with van der Waals surface area (Å²) in [5.41, 5.74) is 3.15. The van der Waals surface area contributed by atoms with Crippen LogP contribution < -0.4 is 10.2 Å². The van der Waals surface area contributed by atoms with Gasteiger partial charge in [0.1, 0.15) is 11.8 Å². The van der Waals surface area contributed by atoms with Gasteiger partial charge in [0, 0.05) is 23.1 Å². The number of para-hydroxylation sites is 1. The van der Waals surface area contributed by atoms with Gasteiger partial charge < -0.3 is 24.6 Å². The van der Waals surface area contributed by atoms with Gasteiger partial charge in [-0.05, 0) is 66.8 Å². The Kier molecular flexibility index (Phi) is 6.15. The van der Waals surface area contributed by atoms with Crippen molar-refractivity contribution in [1.29, 1.82) is 0 Å². The summed E-state index contributed by atoms with van der Waals surface area (Å²) in [6.07, 6.45) is 3.60. The van der Waals surface area contributed by atoms with Crippen molar-refractivity contribution in [2.45, 2.75) is 12.1 Å². The van der Waals surface area contributed by atoms with Crippen LogP contribution in [0.15, 0.2) is 85.2 Å². The number of benzene rings is 2. The molecule has 0 bridgehead atoms. The van der Waals surface area contributed by atoms with Crippen molar-refractivity contribution < 1.29 is 14.6 Å². The van der Waals surface area contributed by atoms with Gasteiger partial charge in [-0.1, -0.05) is 29.8 Å². The minimum Gasteiger partial charge on any atom is -0.506 e. The summed E-state index contributed by atoms with van der Waals surface area (Å²) < 4.78 is 6.94. The molecule has 0 radical (unpaired) electrons. The number of hydrogen-bond donors (Lipinski definition) is 2. The van der Waals surface area contributed by atoms with E-state index >= 15 is 0 Å². The Bertz CT molecular complexity index is 1410. The van der Waals surface area contributed by atoms with Gasteiger partial charge in [0.25, 0.3) is 0 Å². The number of phenolic OH excluding ortho intramolecular Hbond substituents is 1. The van der Waals surface area contributed by atoms with Crippen molar-refractivity contribution in [3.8, 4) is 11.4 Å². The first-order chi connectivity index (χ1) is 17.0. The Hall–Kier alpha value is -3.88. The molecular weight excluding hydrogens is 484 g/mol. The number of carbonyl (C=O) groups is 1. The molecule has 1 fully saturated rings. The fraction of sp³-hybridized carbons (Fsp3) is 0.115. The number of nitrogens with zero attached hydrogens (tertiary/aromatic N) is 3. The molecule has 7 nitrogen and oxygen atoms in total. The summed E-state index contributed by atoms with van der Waals surface area (Å²) in [4.78, 5) is 18.9. The topological polar surface area (TPSA) is 79.6 Å². The molecule has 35 heavy (non-hydrogen) atoms. The van der Waals surface area contributed by atoms with Crippen LogP contribution in [0.1, 0.15) is 33.8 Å². The zero-order valence-electron chi connectivity index (χ0n) is 18.6. The van der Waals surface area contributed by atoms with Gasteiger partial charge in [0.2, 0.25) is 0 Å². The molecule has 4 aromatic rings. The third-order valence-corrected chi connectivity index (χ3v) is 6.50. The SMILES string of the molecule is COC(=O)c1ccccc1-n1cccc1[C@@H]1[C@H](c2ccccn2)NC(=S)N1c1cc(Cl)ccc1O. The van der Waals surface area contributed by atoms with E-state index < -0.39 is 12.0 Å². The number of methoxy groups -OCH3 is 1. The van der Waals surface area contributed by atoms with E-state index in [4.69, 9.17) is 28.6 Å². The molecule has 1 aliphatic rings. The van der Waals surface area contributed by atoms with Gasteiger partial charge in [0.05, 0.1) is 35.8 Å². The van der Waals surface area contributed by atoms with Crippen molar-refractivity contribution in [2.75, 3.05) is 12.0 Å². The number of nitrogens with one attached hydrogen (secondary N) is 1. The molecule has 3 heterocycles. The normalized spacial score (nSPS) is 17.3. The predicted molar refractivity (Wildman–Crippen MR) is 138 cm³/mol. The van der Waals surface area contributed by atoms with Crippen LogP contribution in [0.3, 0.4) is 0 Å². The highest BCUT2D eigenvalue weighted by atomic mass is 35.5. The highest BCUT2D eigenvalue weighted by molar-refractivity contribution is 7.80. The summed E-state index contributed by atoms with van der Waals surface area (Å²) >= 11 is 12.0. The minimum atomic E-state index is -0.439. The lowest BCUT2D eigenvalue weighted by atomic mass is 10.00. The van der Waals surface area contributed by atoms with Crippen LogP contribution in [0.5, 0.6) is 5.75 Å². The zero-order chi connectivity index (χ0) is 24.5. The Labute approximate surface area is 212 Å². The van der Waals surface area contributed by atoms with Crippen molar-refractivity contribution >= 4 is 40.6 Å². The van der Waals surface area contributed by atoms with Gasteiger partial charge in [0.15, 0.2) is 5.11 Å². The third kappa shape index (κ3) is 4.11. The van der Waals surface area contributed by atoms with Gasteiger partial charge in [-0.15, -0.1) is 0 Å². The maximum absolute atomic E-state index is 12.5. The van der Waals surface area contributed by atoms with E-state index in [0.29, 0.717) is 27.1 Å². The number of aromatic hydroxyl groups is 1. The van der Waals surface area contributed by atoms with E-state index in [2.05, 4.69) is 10.3 Å². The number of ether oxygens (including phenoxy) is 1. The Morgan fingerprint density at radius 1 is 1.09 bits per heavy atom. The molecule has 0 unspecified atom stereocenters. The molecule has 2 aromatic heterocycles. The molecule has 0 saturated carbocycles. The summed E-state index contributed by atoms with van der Waals surface area (Å²) in [7, 11) is 1.36. The van der Waals surface area contributed by atoms with Crippen LogP contribution in [0, 0.1) is 0 Å². The quantitative estimate of drug-likeness (QED) is 0.286. The summed E-state index contributed by atoms with van der Waals surface area (Å²) in [6.45, 7) is 0. The molecule has 0 aliphatic carbocycles. The minimum absolute atomic E-state index is 0.0401. The van der Waals surface area contributed by atoms with E-state index in [-0.39, 0.29) is 11.8 Å². The number of rotatable bonds is 5. The van der Waals surface area contributed by atoms with E-state index in [0.717, 1.165) is 11.4 Å². The first-order valence-electron chi connectivity index (χ1n) is 10.8. The van der Waals surface area contributed by atoms with Crippen LogP contribution in [-0.2, 0) is 4.74 Å². The lowest BCUT2D eigenvalue weighted by molar-refractivity contribution is 0.0600. The third-order valence-electron chi connectivity index (χ3n) is 5.95. The molecule has 0 amide bonds. The second kappa shape index (κ2) is 9.40. The molecule has 2 atom stereocenters. The number of esters is 1. The van der Waals surface area contributed by atoms with Crippen LogP contribution in [0.4, 0.5) is 5.69 Å². The molecule has 1 saturated heterocycles. The molecule has 2 aromatic carbocycles.